The van der Waals surface area contributed by atoms with Crippen LogP contribution in [0.15, 0.2) is 60.7 Å². The van der Waals surface area contributed by atoms with Crippen molar-refractivity contribution in [2.24, 2.45) is 0 Å². The number of rotatable bonds is 6. The van der Waals surface area contributed by atoms with Crippen LogP contribution in [0.25, 0.3) is 12.2 Å². The highest BCUT2D eigenvalue weighted by Crippen LogP contribution is 2.18. The Morgan fingerprint density at radius 1 is 0.893 bits per heavy atom. The number of aliphatic carboxylic acids is 1. The highest BCUT2D eigenvalue weighted by atomic mass is 16.4. The predicted molar refractivity (Wildman–Crippen MR) is 113 cm³/mol. The van der Waals surface area contributed by atoms with Gasteiger partial charge >= 0.3 is 5.97 Å². The van der Waals surface area contributed by atoms with Gasteiger partial charge in [-0.05, 0) is 60.7 Å². The molecule has 1 N–H and O–H groups in total. The van der Waals surface area contributed by atoms with E-state index in [2.05, 4.69) is 16.8 Å². The van der Waals surface area contributed by atoms with Gasteiger partial charge in [0.2, 0.25) is 0 Å². The first kappa shape index (κ1) is 19.6. The molecule has 0 atom stereocenters. The Balaban J connectivity index is 1.64. The van der Waals surface area contributed by atoms with E-state index in [-0.39, 0.29) is 5.78 Å². The van der Waals surface area contributed by atoms with Crippen LogP contribution < -0.4 is 4.90 Å². The average molecular weight is 376 g/mol. The molecule has 2 aromatic rings. The first-order valence-electron chi connectivity index (χ1n) is 9.28. The monoisotopic (exact) mass is 376 g/mol. The smallest absolute Gasteiger partial charge is 0.328 e. The minimum atomic E-state index is -0.990. The standard InChI is InChI=1S/C23H24N2O3/c1-24-13-15-25(16-14-24)21-9-7-20(8-10-21)22(26)11-5-18-3-2-4-19(17-18)6-12-23(27)28/h2-12,17H,13-16H2,1H3,(H,27,28). The van der Waals surface area contributed by atoms with Crippen molar-refractivity contribution in [1.29, 1.82) is 0 Å². The van der Waals surface area contributed by atoms with Crippen molar-refractivity contribution in [3.63, 3.8) is 0 Å². The zero-order chi connectivity index (χ0) is 19.9. The number of carboxylic acid groups (broad SMARTS) is 1. The van der Waals surface area contributed by atoms with Crippen molar-refractivity contribution in [3.05, 3.63) is 77.4 Å². The second kappa shape index (κ2) is 9.15. The van der Waals surface area contributed by atoms with Crippen molar-refractivity contribution >= 4 is 29.6 Å². The molecule has 2 aromatic carbocycles. The molecule has 0 unspecified atom stereocenters. The van der Waals surface area contributed by atoms with E-state index in [1.165, 1.54) is 6.08 Å². The minimum Gasteiger partial charge on any atom is -0.478 e. The summed E-state index contributed by atoms with van der Waals surface area (Å²) in [6.45, 7) is 4.08. The third-order valence-corrected chi connectivity index (χ3v) is 4.78. The molecule has 144 valence electrons. The lowest BCUT2D eigenvalue weighted by Crippen LogP contribution is -2.44. The Morgan fingerprint density at radius 3 is 2.11 bits per heavy atom. The van der Waals surface area contributed by atoms with E-state index in [9.17, 15) is 9.59 Å². The first-order chi connectivity index (χ1) is 13.5. The second-order valence-corrected chi connectivity index (χ2v) is 6.88. The fourth-order valence-corrected chi connectivity index (χ4v) is 3.10. The predicted octanol–water partition coefficient (Wildman–Crippen LogP) is 3.43. The van der Waals surface area contributed by atoms with Crippen molar-refractivity contribution < 1.29 is 14.7 Å². The van der Waals surface area contributed by atoms with Gasteiger partial charge in [-0.1, -0.05) is 24.3 Å². The molecule has 0 bridgehead atoms. The topological polar surface area (TPSA) is 60.9 Å². The van der Waals surface area contributed by atoms with Gasteiger partial charge < -0.3 is 14.9 Å². The summed E-state index contributed by atoms with van der Waals surface area (Å²) < 4.78 is 0. The van der Waals surface area contributed by atoms with Crippen molar-refractivity contribution in [3.8, 4) is 0 Å². The number of piperazine rings is 1. The lowest BCUT2D eigenvalue weighted by atomic mass is 10.1. The third-order valence-electron chi connectivity index (χ3n) is 4.78. The number of carbonyl (C=O) groups is 2. The van der Waals surface area contributed by atoms with Crippen LogP contribution in [0.5, 0.6) is 0 Å². The summed E-state index contributed by atoms with van der Waals surface area (Å²) in [6.07, 6.45) is 5.91. The lowest BCUT2D eigenvalue weighted by Gasteiger charge is -2.34. The molecule has 0 aromatic heterocycles. The van der Waals surface area contributed by atoms with Crippen LogP contribution in [0.3, 0.4) is 0 Å². The molecule has 0 aliphatic carbocycles. The number of nitrogens with zero attached hydrogens (tertiary/aromatic N) is 2. The van der Waals surface area contributed by atoms with Gasteiger partial charge in [-0.15, -0.1) is 0 Å². The molecular weight excluding hydrogens is 352 g/mol. The SMILES string of the molecule is CN1CCN(c2ccc(C(=O)C=Cc3cccc(C=CC(=O)O)c3)cc2)CC1. The molecule has 28 heavy (non-hydrogen) atoms. The summed E-state index contributed by atoms with van der Waals surface area (Å²) >= 11 is 0. The summed E-state index contributed by atoms with van der Waals surface area (Å²) in [6, 6.07) is 15.1. The van der Waals surface area contributed by atoms with Crippen LogP contribution >= 0.6 is 0 Å². The van der Waals surface area contributed by atoms with Gasteiger partial charge in [0.25, 0.3) is 0 Å². The quantitative estimate of drug-likeness (QED) is 0.618. The highest BCUT2D eigenvalue weighted by Gasteiger charge is 2.14. The number of carbonyl (C=O) groups excluding carboxylic acids is 1. The number of hydrogen-bond donors (Lipinski definition) is 1. The maximum atomic E-state index is 12.4. The van der Waals surface area contributed by atoms with E-state index >= 15 is 0 Å². The molecule has 1 heterocycles. The van der Waals surface area contributed by atoms with E-state index < -0.39 is 5.97 Å². The van der Waals surface area contributed by atoms with Gasteiger partial charge in [0, 0.05) is 43.5 Å². The fraction of sp³-hybridized carbons (Fsp3) is 0.217. The van der Waals surface area contributed by atoms with Crippen molar-refractivity contribution in [1.82, 2.24) is 4.90 Å². The molecule has 0 radical (unpaired) electrons. The van der Waals surface area contributed by atoms with Gasteiger partial charge in [0.1, 0.15) is 0 Å². The van der Waals surface area contributed by atoms with Crippen LogP contribution in [-0.4, -0.2) is 55.0 Å². The van der Waals surface area contributed by atoms with E-state index in [0.29, 0.717) is 5.56 Å². The van der Waals surface area contributed by atoms with Crippen LogP contribution in [0, 0.1) is 0 Å². The molecule has 0 spiro atoms. The van der Waals surface area contributed by atoms with E-state index in [4.69, 9.17) is 5.11 Å². The average Bonchev–Trinajstić information content (AvgIpc) is 2.71. The fourth-order valence-electron chi connectivity index (χ4n) is 3.10. The molecule has 5 heteroatoms. The van der Waals surface area contributed by atoms with Crippen LogP contribution in [-0.2, 0) is 4.79 Å². The van der Waals surface area contributed by atoms with E-state index in [1.807, 2.05) is 48.5 Å². The third kappa shape index (κ3) is 5.41. The molecule has 5 nitrogen and oxygen atoms in total. The zero-order valence-corrected chi connectivity index (χ0v) is 15.9. The van der Waals surface area contributed by atoms with Crippen molar-refractivity contribution in [2.45, 2.75) is 0 Å². The molecular formula is C23H24N2O3. The number of anilines is 1. The maximum Gasteiger partial charge on any atom is 0.328 e. The van der Waals surface area contributed by atoms with Gasteiger partial charge in [-0.2, -0.15) is 0 Å². The lowest BCUT2D eigenvalue weighted by molar-refractivity contribution is -0.131. The molecule has 0 amide bonds. The van der Waals surface area contributed by atoms with E-state index in [1.54, 1.807) is 12.2 Å². The highest BCUT2D eigenvalue weighted by molar-refractivity contribution is 6.07. The van der Waals surface area contributed by atoms with Gasteiger partial charge in [-0.25, -0.2) is 4.79 Å². The first-order valence-corrected chi connectivity index (χ1v) is 9.28. The number of hydrogen-bond acceptors (Lipinski definition) is 4. The molecule has 1 aliphatic heterocycles. The maximum absolute atomic E-state index is 12.4. The minimum absolute atomic E-state index is 0.0589. The Kier molecular flexibility index (Phi) is 6.40. The summed E-state index contributed by atoms with van der Waals surface area (Å²) in [5, 5.41) is 8.71. The van der Waals surface area contributed by atoms with Gasteiger partial charge in [0.05, 0.1) is 0 Å². The number of allylic oxidation sites excluding steroid dienone is 1. The van der Waals surface area contributed by atoms with Gasteiger partial charge in [-0.3, -0.25) is 4.79 Å². The number of likely N-dealkylation sites (N-methyl/N-ethyl adjacent to an activating group) is 1. The summed E-state index contributed by atoms with van der Waals surface area (Å²) in [5.41, 5.74) is 3.41. The Hall–Kier alpha value is -3.18. The molecule has 0 saturated carbocycles. The summed E-state index contributed by atoms with van der Waals surface area (Å²) in [5.74, 6) is -1.05. The largest absolute Gasteiger partial charge is 0.478 e. The molecule has 1 aliphatic rings. The number of benzene rings is 2. The van der Waals surface area contributed by atoms with Crippen LogP contribution in [0.4, 0.5) is 5.69 Å². The summed E-state index contributed by atoms with van der Waals surface area (Å²) in [7, 11) is 2.13. The van der Waals surface area contributed by atoms with Crippen LogP contribution in [0.1, 0.15) is 21.5 Å². The normalized spacial score (nSPS) is 15.4. The van der Waals surface area contributed by atoms with Crippen molar-refractivity contribution in [2.75, 3.05) is 38.1 Å². The number of ketones is 1. The summed E-state index contributed by atoms with van der Waals surface area (Å²) in [4.78, 5) is 27.7. The van der Waals surface area contributed by atoms with Gasteiger partial charge in [0.15, 0.2) is 5.78 Å². The Morgan fingerprint density at radius 2 is 1.50 bits per heavy atom. The second-order valence-electron chi connectivity index (χ2n) is 6.88. The number of carboxylic acids is 1. The molecule has 3 rings (SSSR count). The van der Waals surface area contributed by atoms with E-state index in [0.717, 1.165) is 49.1 Å². The Bertz CT molecular complexity index is 892. The molecule has 1 fully saturated rings. The van der Waals surface area contributed by atoms with Crippen LogP contribution in [0.2, 0.25) is 0 Å². The zero-order valence-electron chi connectivity index (χ0n) is 15.9. The molecule has 1 saturated heterocycles. The Labute approximate surface area is 165 Å².